The molecule has 5 nitrogen and oxygen atoms in total. The van der Waals surface area contributed by atoms with Crippen LogP contribution in [0.25, 0.3) is 0 Å². The van der Waals surface area contributed by atoms with E-state index in [4.69, 9.17) is 4.74 Å². The van der Waals surface area contributed by atoms with E-state index >= 15 is 0 Å². The van der Waals surface area contributed by atoms with Crippen molar-refractivity contribution < 1.29 is 13.2 Å². The van der Waals surface area contributed by atoms with Gasteiger partial charge in [0.15, 0.2) is 0 Å². The largest absolute Gasteiger partial charge is 0.377 e. The molecule has 2 unspecified atom stereocenters. The van der Waals surface area contributed by atoms with Gasteiger partial charge in [0.05, 0.1) is 10.9 Å². The fourth-order valence-electron chi connectivity index (χ4n) is 2.31. The minimum atomic E-state index is -3.25. The molecule has 6 heteroatoms. The molecule has 0 spiro atoms. The van der Waals surface area contributed by atoms with Crippen molar-refractivity contribution in [3.05, 3.63) is 0 Å². The summed E-state index contributed by atoms with van der Waals surface area (Å²) in [6.07, 6.45) is 1.77. The molecule has 1 aliphatic heterocycles. The molecule has 0 aliphatic carbocycles. The van der Waals surface area contributed by atoms with E-state index in [1.54, 1.807) is 18.3 Å². The van der Waals surface area contributed by atoms with Crippen LogP contribution in [0.3, 0.4) is 0 Å². The van der Waals surface area contributed by atoms with Crippen LogP contribution in [-0.2, 0) is 14.8 Å². The van der Waals surface area contributed by atoms with Crippen molar-refractivity contribution in [2.45, 2.75) is 57.4 Å². The average molecular weight is 292 g/mol. The molecule has 0 saturated carbocycles. The molecule has 19 heavy (non-hydrogen) atoms. The molecular weight excluding hydrogens is 264 g/mol. The summed E-state index contributed by atoms with van der Waals surface area (Å²) in [7, 11) is -1.60. The Labute approximate surface area is 117 Å². The van der Waals surface area contributed by atoms with E-state index in [0.717, 1.165) is 12.8 Å². The van der Waals surface area contributed by atoms with Crippen molar-refractivity contribution in [1.29, 1.82) is 0 Å². The van der Waals surface area contributed by atoms with Gasteiger partial charge in [0.25, 0.3) is 0 Å². The molecule has 0 aromatic rings. The lowest BCUT2D eigenvalue weighted by Crippen LogP contribution is -2.52. The minimum absolute atomic E-state index is 0.295. The van der Waals surface area contributed by atoms with Crippen LogP contribution in [0.4, 0.5) is 0 Å². The lowest BCUT2D eigenvalue weighted by atomic mass is 9.96. The number of ether oxygens (including phenoxy) is 1. The predicted molar refractivity (Wildman–Crippen MR) is 77.7 cm³/mol. The molecule has 0 aromatic carbocycles. The fourth-order valence-corrected chi connectivity index (χ4v) is 3.96. The van der Waals surface area contributed by atoms with Gasteiger partial charge in [-0.3, -0.25) is 0 Å². The standard InChI is InChI=1S/C13H28N2O3S/c1-11(2)14-9-12(3)19(16,17)15-8-6-7-13(4,10-15)18-5/h11-12,14H,6-10H2,1-5H3. The van der Waals surface area contributed by atoms with Gasteiger partial charge in [-0.25, -0.2) is 8.42 Å². The van der Waals surface area contributed by atoms with Crippen molar-refractivity contribution >= 4 is 10.0 Å². The SMILES string of the molecule is COC1(C)CCCN(S(=O)(=O)C(C)CNC(C)C)C1. The molecule has 1 saturated heterocycles. The van der Waals surface area contributed by atoms with Crippen LogP contribution < -0.4 is 5.32 Å². The van der Waals surface area contributed by atoms with Crippen molar-refractivity contribution in [2.75, 3.05) is 26.7 Å². The molecule has 1 fully saturated rings. The molecular formula is C13H28N2O3S. The molecule has 0 amide bonds. The highest BCUT2D eigenvalue weighted by molar-refractivity contribution is 7.89. The highest BCUT2D eigenvalue weighted by atomic mass is 32.2. The quantitative estimate of drug-likeness (QED) is 0.799. The summed E-state index contributed by atoms with van der Waals surface area (Å²) in [5, 5.41) is 2.78. The van der Waals surface area contributed by atoms with E-state index in [2.05, 4.69) is 5.32 Å². The first-order chi connectivity index (χ1) is 8.71. The molecule has 1 aliphatic rings. The third-order valence-electron chi connectivity index (χ3n) is 3.80. The second kappa shape index (κ2) is 6.52. The van der Waals surface area contributed by atoms with Gasteiger partial charge in [0, 0.05) is 32.8 Å². The second-order valence-electron chi connectivity index (χ2n) is 6.01. The van der Waals surface area contributed by atoms with E-state index < -0.39 is 15.3 Å². The van der Waals surface area contributed by atoms with Gasteiger partial charge >= 0.3 is 0 Å². The Kier molecular flexibility index (Phi) is 5.79. The third kappa shape index (κ3) is 4.41. The molecule has 2 atom stereocenters. The van der Waals surface area contributed by atoms with Crippen molar-refractivity contribution in [3.8, 4) is 0 Å². The number of rotatable bonds is 6. The molecule has 1 rings (SSSR count). The number of nitrogens with one attached hydrogen (secondary N) is 1. The zero-order valence-corrected chi connectivity index (χ0v) is 13.6. The van der Waals surface area contributed by atoms with Crippen molar-refractivity contribution in [2.24, 2.45) is 0 Å². The van der Waals surface area contributed by atoms with Crippen LogP contribution in [0, 0.1) is 0 Å². The average Bonchev–Trinajstić information content (AvgIpc) is 2.35. The van der Waals surface area contributed by atoms with Gasteiger partial charge in [-0.15, -0.1) is 0 Å². The molecule has 1 heterocycles. The molecule has 0 bridgehead atoms. The number of hydrogen-bond acceptors (Lipinski definition) is 4. The Bertz CT molecular complexity index is 383. The summed E-state index contributed by atoms with van der Waals surface area (Å²) in [5.74, 6) is 0. The van der Waals surface area contributed by atoms with Gasteiger partial charge in [-0.2, -0.15) is 4.31 Å². The van der Waals surface area contributed by atoms with E-state index in [1.165, 1.54) is 0 Å². The maximum atomic E-state index is 12.5. The van der Waals surface area contributed by atoms with E-state index in [9.17, 15) is 8.42 Å². The van der Waals surface area contributed by atoms with Crippen LogP contribution in [0.5, 0.6) is 0 Å². The highest BCUT2D eigenvalue weighted by Gasteiger charge is 2.38. The highest BCUT2D eigenvalue weighted by Crippen LogP contribution is 2.26. The Hall–Kier alpha value is -0.170. The lowest BCUT2D eigenvalue weighted by Gasteiger charge is -2.39. The summed E-state index contributed by atoms with van der Waals surface area (Å²) in [5.41, 5.74) is -0.351. The second-order valence-corrected chi connectivity index (χ2v) is 8.36. The predicted octanol–water partition coefficient (Wildman–Crippen LogP) is 1.20. The van der Waals surface area contributed by atoms with Crippen molar-refractivity contribution in [3.63, 3.8) is 0 Å². The minimum Gasteiger partial charge on any atom is -0.377 e. The first-order valence-electron chi connectivity index (χ1n) is 6.99. The number of hydrogen-bond donors (Lipinski definition) is 1. The molecule has 0 aromatic heterocycles. The van der Waals surface area contributed by atoms with Gasteiger partial charge < -0.3 is 10.1 Å². The zero-order valence-electron chi connectivity index (χ0n) is 12.8. The van der Waals surface area contributed by atoms with Gasteiger partial charge in [-0.1, -0.05) is 13.8 Å². The summed E-state index contributed by atoms with van der Waals surface area (Å²) in [4.78, 5) is 0. The Morgan fingerprint density at radius 3 is 2.53 bits per heavy atom. The van der Waals surface area contributed by atoms with Gasteiger partial charge in [0.1, 0.15) is 0 Å². The number of piperidine rings is 1. The molecule has 1 N–H and O–H groups in total. The van der Waals surface area contributed by atoms with E-state index in [1.807, 2.05) is 20.8 Å². The third-order valence-corrected chi connectivity index (χ3v) is 6.01. The number of nitrogens with zero attached hydrogens (tertiary/aromatic N) is 1. The topological polar surface area (TPSA) is 58.6 Å². The maximum Gasteiger partial charge on any atom is 0.218 e. The van der Waals surface area contributed by atoms with E-state index in [-0.39, 0.29) is 5.60 Å². The Morgan fingerprint density at radius 1 is 1.37 bits per heavy atom. The van der Waals surface area contributed by atoms with Crippen molar-refractivity contribution in [1.82, 2.24) is 9.62 Å². The van der Waals surface area contributed by atoms with Gasteiger partial charge in [0.2, 0.25) is 10.0 Å². The first-order valence-corrected chi connectivity index (χ1v) is 8.49. The Balaban J connectivity index is 2.71. The Morgan fingerprint density at radius 2 is 2.00 bits per heavy atom. The van der Waals surface area contributed by atoms with Gasteiger partial charge in [-0.05, 0) is 26.7 Å². The summed E-state index contributed by atoms with van der Waals surface area (Å²) >= 11 is 0. The van der Waals surface area contributed by atoms with Crippen LogP contribution in [0.2, 0.25) is 0 Å². The van der Waals surface area contributed by atoms with Crippen LogP contribution in [0.15, 0.2) is 0 Å². The normalized spacial score (nSPS) is 27.7. The summed E-state index contributed by atoms with van der Waals surface area (Å²) in [6, 6.07) is 0.295. The lowest BCUT2D eigenvalue weighted by molar-refractivity contribution is -0.0320. The van der Waals surface area contributed by atoms with E-state index in [0.29, 0.717) is 25.7 Å². The van der Waals surface area contributed by atoms with Crippen LogP contribution in [0.1, 0.15) is 40.5 Å². The summed E-state index contributed by atoms with van der Waals surface area (Å²) < 4.78 is 32.1. The monoisotopic (exact) mass is 292 g/mol. The smallest absolute Gasteiger partial charge is 0.218 e. The maximum absolute atomic E-state index is 12.5. The van der Waals surface area contributed by atoms with Crippen LogP contribution >= 0.6 is 0 Å². The first kappa shape index (κ1) is 16.9. The number of methoxy groups -OCH3 is 1. The fraction of sp³-hybridized carbons (Fsp3) is 1.00. The number of sulfonamides is 1. The molecule has 114 valence electrons. The zero-order chi connectivity index (χ0) is 14.7. The summed E-state index contributed by atoms with van der Waals surface area (Å²) in [6.45, 7) is 9.32. The van der Waals surface area contributed by atoms with Crippen LogP contribution in [-0.4, -0.2) is 56.4 Å². The molecule has 0 radical (unpaired) electrons.